The fraction of sp³-hybridized carbons (Fsp3) is 0.917. The number of rotatable bonds is 3. The zero-order valence-electron chi connectivity index (χ0n) is 9.32. The molecule has 2 rings (SSSR count). The fourth-order valence-electron chi connectivity index (χ4n) is 2.66. The van der Waals surface area contributed by atoms with Crippen molar-refractivity contribution >= 4 is 17.7 Å². The highest BCUT2D eigenvalue weighted by Crippen LogP contribution is 2.43. The van der Waals surface area contributed by atoms with E-state index < -0.39 is 5.97 Å². The third kappa shape index (κ3) is 2.68. The highest BCUT2D eigenvalue weighted by atomic mass is 32.2. The second-order valence-corrected chi connectivity index (χ2v) is 6.63. The average molecular weight is 228 g/mol. The zero-order chi connectivity index (χ0) is 10.8. The third-order valence-corrected chi connectivity index (χ3v) is 5.51. The highest BCUT2D eigenvalue weighted by molar-refractivity contribution is 8.00. The van der Waals surface area contributed by atoms with Gasteiger partial charge in [0.25, 0.3) is 0 Å². The van der Waals surface area contributed by atoms with Gasteiger partial charge in [-0.3, -0.25) is 4.79 Å². The molecule has 0 aliphatic heterocycles. The molecule has 4 atom stereocenters. The van der Waals surface area contributed by atoms with Crippen molar-refractivity contribution in [1.29, 1.82) is 0 Å². The van der Waals surface area contributed by atoms with E-state index in [0.717, 1.165) is 24.0 Å². The smallest absolute Gasteiger partial charge is 0.307 e. The number of aliphatic carboxylic acids is 1. The first kappa shape index (κ1) is 11.3. The first-order valence-corrected chi connectivity index (χ1v) is 6.99. The van der Waals surface area contributed by atoms with Crippen LogP contribution in [0.5, 0.6) is 0 Å². The summed E-state index contributed by atoms with van der Waals surface area (Å²) in [6.45, 7) is 2.32. The predicted octanol–water partition coefficient (Wildman–Crippen LogP) is 3.16. The Bertz CT molecular complexity index is 242. The maximum atomic E-state index is 10.9. The van der Waals surface area contributed by atoms with Crippen LogP contribution in [0, 0.1) is 11.8 Å². The summed E-state index contributed by atoms with van der Waals surface area (Å²) >= 11 is 1.97. The number of carbonyl (C=O) groups is 1. The molecule has 1 N–H and O–H groups in total. The van der Waals surface area contributed by atoms with E-state index in [0.29, 0.717) is 5.25 Å². The van der Waals surface area contributed by atoms with Crippen LogP contribution in [0.1, 0.15) is 45.4 Å². The molecule has 2 nitrogen and oxygen atoms in total. The van der Waals surface area contributed by atoms with E-state index in [-0.39, 0.29) is 5.92 Å². The molecular formula is C12H20O2S. The molecular weight excluding hydrogens is 208 g/mol. The molecule has 2 aliphatic rings. The molecule has 3 heteroatoms. The first-order valence-electron chi connectivity index (χ1n) is 6.05. The summed E-state index contributed by atoms with van der Waals surface area (Å²) < 4.78 is 0. The molecule has 0 aromatic rings. The van der Waals surface area contributed by atoms with Gasteiger partial charge in [0, 0.05) is 10.5 Å². The summed E-state index contributed by atoms with van der Waals surface area (Å²) in [5.74, 6) is 0.217. The number of hydrogen-bond donors (Lipinski definition) is 1. The Balaban J connectivity index is 1.79. The maximum absolute atomic E-state index is 10.9. The molecule has 2 fully saturated rings. The van der Waals surface area contributed by atoms with Gasteiger partial charge in [-0.1, -0.05) is 19.8 Å². The summed E-state index contributed by atoms with van der Waals surface area (Å²) in [4.78, 5) is 10.9. The SMILES string of the molecule is CC1CCCC(SC2CCC2C(=O)O)C1. The third-order valence-electron chi connectivity index (χ3n) is 3.78. The van der Waals surface area contributed by atoms with Gasteiger partial charge in [0.2, 0.25) is 0 Å². The van der Waals surface area contributed by atoms with Crippen molar-refractivity contribution in [2.75, 3.05) is 0 Å². The Morgan fingerprint density at radius 1 is 1.27 bits per heavy atom. The summed E-state index contributed by atoms with van der Waals surface area (Å²) in [7, 11) is 0. The Kier molecular flexibility index (Phi) is 3.60. The van der Waals surface area contributed by atoms with E-state index in [2.05, 4.69) is 6.92 Å². The summed E-state index contributed by atoms with van der Waals surface area (Å²) in [6, 6.07) is 0. The zero-order valence-corrected chi connectivity index (χ0v) is 10.1. The monoisotopic (exact) mass is 228 g/mol. The fourth-order valence-corrected chi connectivity index (χ4v) is 4.62. The van der Waals surface area contributed by atoms with Gasteiger partial charge in [-0.2, -0.15) is 11.8 Å². The lowest BCUT2D eigenvalue weighted by atomic mass is 9.85. The summed E-state index contributed by atoms with van der Waals surface area (Å²) in [5.41, 5.74) is 0. The van der Waals surface area contributed by atoms with Gasteiger partial charge < -0.3 is 5.11 Å². The van der Waals surface area contributed by atoms with Gasteiger partial charge >= 0.3 is 5.97 Å². The van der Waals surface area contributed by atoms with Crippen LogP contribution in [0.25, 0.3) is 0 Å². The summed E-state index contributed by atoms with van der Waals surface area (Å²) in [5, 5.41) is 10.1. The Morgan fingerprint density at radius 3 is 2.60 bits per heavy atom. The van der Waals surface area contributed by atoms with Crippen molar-refractivity contribution in [3.63, 3.8) is 0 Å². The molecule has 0 amide bonds. The van der Waals surface area contributed by atoms with Crippen LogP contribution in [-0.4, -0.2) is 21.6 Å². The molecule has 0 bridgehead atoms. The molecule has 2 aliphatic carbocycles. The predicted molar refractivity (Wildman–Crippen MR) is 63.2 cm³/mol. The van der Waals surface area contributed by atoms with E-state index >= 15 is 0 Å². The number of thioether (sulfide) groups is 1. The van der Waals surface area contributed by atoms with Gasteiger partial charge in [0.1, 0.15) is 0 Å². The van der Waals surface area contributed by atoms with Gasteiger partial charge in [-0.05, 0) is 31.6 Å². The summed E-state index contributed by atoms with van der Waals surface area (Å²) in [6.07, 6.45) is 7.32. The Hall–Kier alpha value is -0.180. The van der Waals surface area contributed by atoms with Crippen LogP contribution in [0.3, 0.4) is 0 Å². The standard InChI is InChI=1S/C12H20O2S/c1-8-3-2-4-9(7-8)15-11-6-5-10(11)12(13)14/h8-11H,2-7H2,1H3,(H,13,14). The second kappa shape index (κ2) is 4.77. The molecule has 0 heterocycles. The molecule has 4 unspecified atom stereocenters. The van der Waals surface area contributed by atoms with Crippen molar-refractivity contribution in [2.45, 2.75) is 55.9 Å². The first-order chi connectivity index (χ1) is 7.16. The van der Waals surface area contributed by atoms with Crippen LogP contribution in [-0.2, 0) is 4.79 Å². The largest absolute Gasteiger partial charge is 0.481 e. The van der Waals surface area contributed by atoms with E-state index in [1.165, 1.54) is 25.7 Å². The van der Waals surface area contributed by atoms with Gasteiger partial charge in [0.15, 0.2) is 0 Å². The van der Waals surface area contributed by atoms with Crippen LogP contribution < -0.4 is 0 Å². The normalized spacial score (nSPS) is 40.9. The molecule has 86 valence electrons. The molecule has 0 aromatic heterocycles. The van der Waals surface area contributed by atoms with Crippen molar-refractivity contribution in [1.82, 2.24) is 0 Å². The van der Waals surface area contributed by atoms with Crippen molar-refractivity contribution < 1.29 is 9.90 Å². The lowest BCUT2D eigenvalue weighted by Crippen LogP contribution is -2.37. The lowest BCUT2D eigenvalue weighted by molar-refractivity contribution is -0.144. The molecule has 15 heavy (non-hydrogen) atoms. The maximum Gasteiger partial charge on any atom is 0.307 e. The number of carboxylic acid groups (broad SMARTS) is 1. The lowest BCUT2D eigenvalue weighted by Gasteiger charge is -2.37. The molecule has 0 aromatic carbocycles. The van der Waals surface area contributed by atoms with Crippen molar-refractivity contribution in [3.05, 3.63) is 0 Å². The number of carboxylic acids is 1. The quantitative estimate of drug-likeness (QED) is 0.806. The van der Waals surface area contributed by atoms with Crippen molar-refractivity contribution in [3.8, 4) is 0 Å². The Labute approximate surface area is 95.8 Å². The minimum atomic E-state index is -0.581. The van der Waals surface area contributed by atoms with Crippen molar-refractivity contribution in [2.24, 2.45) is 11.8 Å². The van der Waals surface area contributed by atoms with E-state index in [4.69, 9.17) is 5.11 Å². The molecule has 2 saturated carbocycles. The topological polar surface area (TPSA) is 37.3 Å². The van der Waals surface area contributed by atoms with Crippen LogP contribution in [0.4, 0.5) is 0 Å². The van der Waals surface area contributed by atoms with E-state index in [1.54, 1.807) is 0 Å². The van der Waals surface area contributed by atoms with Gasteiger partial charge in [0.05, 0.1) is 5.92 Å². The van der Waals surface area contributed by atoms with Crippen LogP contribution in [0.15, 0.2) is 0 Å². The van der Waals surface area contributed by atoms with Gasteiger partial charge in [-0.15, -0.1) is 0 Å². The van der Waals surface area contributed by atoms with Crippen LogP contribution in [0.2, 0.25) is 0 Å². The number of hydrogen-bond acceptors (Lipinski definition) is 2. The van der Waals surface area contributed by atoms with Crippen LogP contribution >= 0.6 is 11.8 Å². The molecule has 0 radical (unpaired) electrons. The second-order valence-electron chi connectivity index (χ2n) is 5.09. The highest BCUT2D eigenvalue weighted by Gasteiger charge is 2.38. The minimum absolute atomic E-state index is 0.0489. The average Bonchev–Trinajstić information content (AvgIpc) is 2.11. The van der Waals surface area contributed by atoms with E-state index in [9.17, 15) is 4.79 Å². The minimum Gasteiger partial charge on any atom is -0.481 e. The Morgan fingerprint density at radius 2 is 2.07 bits per heavy atom. The molecule has 0 saturated heterocycles. The van der Waals surface area contributed by atoms with Gasteiger partial charge in [-0.25, -0.2) is 0 Å². The molecule has 0 spiro atoms. The van der Waals surface area contributed by atoms with E-state index in [1.807, 2.05) is 11.8 Å².